The Bertz CT molecular complexity index is 1350. The van der Waals surface area contributed by atoms with E-state index in [4.69, 9.17) is 9.47 Å². The predicted octanol–water partition coefficient (Wildman–Crippen LogP) is 5.96. The number of piperidine rings is 1. The summed E-state index contributed by atoms with van der Waals surface area (Å²) in [4.78, 5) is 30.1. The van der Waals surface area contributed by atoms with Gasteiger partial charge >= 0.3 is 0 Å². The van der Waals surface area contributed by atoms with Crippen LogP contribution in [0.4, 0.5) is 17.1 Å². The fourth-order valence-electron chi connectivity index (χ4n) is 4.99. The molecular formula is C31H37BrN4O4. The van der Waals surface area contributed by atoms with Gasteiger partial charge in [0.05, 0.1) is 43.3 Å². The lowest BCUT2D eigenvalue weighted by atomic mass is 10.0. The number of halogens is 1. The Balaban J connectivity index is 1.68. The average Bonchev–Trinajstić information content (AvgIpc) is 2.96. The van der Waals surface area contributed by atoms with Gasteiger partial charge in [-0.3, -0.25) is 20.0 Å². The molecule has 1 unspecified atom stereocenters. The first-order valence-electron chi connectivity index (χ1n) is 13.4. The molecule has 1 atom stereocenters. The molecule has 8 nitrogen and oxygen atoms in total. The zero-order valence-corrected chi connectivity index (χ0v) is 25.3. The van der Waals surface area contributed by atoms with Crippen LogP contribution in [-0.2, 0) is 11.2 Å². The van der Waals surface area contributed by atoms with E-state index in [0.717, 1.165) is 42.2 Å². The highest BCUT2D eigenvalue weighted by Crippen LogP contribution is 2.37. The maximum atomic E-state index is 13.6. The first-order chi connectivity index (χ1) is 19.2. The van der Waals surface area contributed by atoms with Crippen LogP contribution in [0.15, 0.2) is 65.1 Å². The number of methoxy groups -OCH3 is 2. The van der Waals surface area contributed by atoms with Gasteiger partial charge in [0.1, 0.15) is 11.5 Å². The molecule has 0 bridgehead atoms. The standard InChI is InChI=1S/C31H37BrN4O4/c1-21-10-8-9-17-35(21)27-11-6-7-12-28(27)36(23-13-15-24(39-4)16-14-23)33-30(37)19-22-18-29(40-5)25(20-26(22)32)31(38)34(2)3/h6-7,11-16,18,20-21H,8-10,17,19H2,1-5H3,(H,33,37). The van der Waals surface area contributed by atoms with Crippen molar-refractivity contribution in [3.05, 3.63) is 76.3 Å². The van der Waals surface area contributed by atoms with Gasteiger partial charge in [-0.1, -0.05) is 28.1 Å². The van der Waals surface area contributed by atoms with E-state index in [0.29, 0.717) is 27.4 Å². The van der Waals surface area contributed by atoms with Crippen molar-refractivity contribution in [2.24, 2.45) is 0 Å². The van der Waals surface area contributed by atoms with Crippen LogP contribution in [0.5, 0.6) is 11.5 Å². The van der Waals surface area contributed by atoms with E-state index in [1.807, 2.05) is 47.5 Å². The normalized spacial score (nSPS) is 14.8. The van der Waals surface area contributed by atoms with Crippen LogP contribution in [0.25, 0.3) is 0 Å². The third kappa shape index (κ3) is 6.53. The Hall–Kier alpha value is -3.72. The monoisotopic (exact) mass is 608 g/mol. The number of benzene rings is 3. The molecule has 1 aliphatic heterocycles. The Morgan fingerprint density at radius 3 is 2.40 bits per heavy atom. The summed E-state index contributed by atoms with van der Waals surface area (Å²) in [6.07, 6.45) is 3.56. The maximum Gasteiger partial charge on any atom is 0.257 e. The minimum absolute atomic E-state index is 0.0717. The molecule has 0 saturated carbocycles. The molecule has 1 aliphatic rings. The molecule has 0 spiro atoms. The smallest absolute Gasteiger partial charge is 0.257 e. The highest BCUT2D eigenvalue weighted by molar-refractivity contribution is 9.10. The number of hydrogen-bond donors (Lipinski definition) is 1. The molecule has 4 rings (SSSR count). The van der Waals surface area contributed by atoms with Crippen LogP contribution in [0.1, 0.15) is 42.1 Å². The maximum absolute atomic E-state index is 13.6. The molecule has 3 aromatic carbocycles. The summed E-state index contributed by atoms with van der Waals surface area (Å²) in [5.74, 6) is 0.757. The number of rotatable bonds is 9. The second kappa shape index (κ2) is 13.1. The van der Waals surface area contributed by atoms with Crippen LogP contribution < -0.4 is 24.8 Å². The minimum atomic E-state index is -0.216. The lowest BCUT2D eigenvalue weighted by Crippen LogP contribution is -2.42. The molecule has 0 radical (unpaired) electrons. The third-order valence-corrected chi connectivity index (χ3v) is 7.90. The summed E-state index contributed by atoms with van der Waals surface area (Å²) in [7, 11) is 6.52. The Morgan fingerprint density at radius 1 is 1.02 bits per heavy atom. The molecule has 0 aromatic heterocycles. The van der Waals surface area contributed by atoms with Crippen LogP contribution in [0.3, 0.4) is 0 Å². The highest BCUT2D eigenvalue weighted by Gasteiger charge is 2.25. The second-order valence-electron chi connectivity index (χ2n) is 10.1. The van der Waals surface area contributed by atoms with E-state index in [1.165, 1.54) is 18.4 Å². The summed E-state index contributed by atoms with van der Waals surface area (Å²) in [6, 6.07) is 19.6. The molecule has 40 heavy (non-hydrogen) atoms. The molecule has 1 N–H and O–H groups in total. The van der Waals surface area contributed by atoms with E-state index in [2.05, 4.69) is 39.2 Å². The number of hydrogen-bond acceptors (Lipinski definition) is 6. The molecule has 0 aliphatic carbocycles. The van der Waals surface area contributed by atoms with Crippen molar-refractivity contribution in [3.8, 4) is 11.5 Å². The number of ether oxygens (including phenoxy) is 2. The van der Waals surface area contributed by atoms with Gasteiger partial charge in [0.25, 0.3) is 5.91 Å². The van der Waals surface area contributed by atoms with Crippen LogP contribution >= 0.6 is 15.9 Å². The molecule has 1 heterocycles. The summed E-state index contributed by atoms with van der Waals surface area (Å²) >= 11 is 3.56. The van der Waals surface area contributed by atoms with E-state index >= 15 is 0 Å². The largest absolute Gasteiger partial charge is 0.497 e. The molecule has 9 heteroatoms. The molecule has 1 saturated heterocycles. The highest BCUT2D eigenvalue weighted by atomic mass is 79.9. The van der Waals surface area contributed by atoms with Gasteiger partial charge in [-0.2, -0.15) is 0 Å². The molecular weight excluding hydrogens is 572 g/mol. The number of carbonyl (C=O) groups excluding carboxylic acids is 2. The number of nitrogens with one attached hydrogen (secondary N) is 1. The van der Waals surface area contributed by atoms with Crippen molar-refractivity contribution in [1.82, 2.24) is 10.3 Å². The quantitative estimate of drug-likeness (QED) is 0.302. The van der Waals surface area contributed by atoms with Crippen LogP contribution in [-0.4, -0.2) is 57.6 Å². The molecule has 1 fully saturated rings. The second-order valence-corrected chi connectivity index (χ2v) is 11.0. The van der Waals surface area contributed by atoms with Crippen molar-refractivity contribution in [3.63, 3.8) is 0 Å². The van der Waals surface area contributed by atoms with Gasteiger partial charge in [-0.15, -0.1) is 0 Å². The summed E-state index contributed by atoms with van der Waals surface area (Å²) in [5, 5.41) is 1.84. The van der Waals surface area contributed by atoms with E-state index < -0.39 is 0 Å². The van der Waals surface area contributed by atoms with Gasteiger partial charge in [-0.25, -0.2) is 0 Å². The van der Waals surface area contributed by atoms with Gasteiger partial charge in [0.15, 0.2) is 0 Å². The summed E-state index contributed by atoms with van der Waals surface area (Å²) in [6.45, 7) is 3.22. The van der Waals surface area contributed by atoms with Crippen LogP contribution in [0, 0.1) is 0 Å². The zero-order chi connectivity index (χ0) is 28.8. The Morgan fingerprint density at radius 2 is 1.75 bits per heavy atom. The lowest BCUT2D eigenvalue weighted by Gasteiger charge is -2.38. The van der Waals surface area contributed by atoms with Crippen LogP contribution in [0.2, 0.25) is 0 Å². The SMILES string of the molecule is COc1ccc(N(NC(=O)Cc2cc(OC)c(C(=O)N(C)C)cc2Br)c2ccccc2N2CCCCC2C)cc1. The van der Waals surface area contributed by atoms with Crippen molar-refractivity contribution < 1.29 is 19.1 Å². The first-order valence-corrected chi connectivity index (χ1v) is 14.2. The Kier molecular flexibility index (Phi) is 9.58. The van der Waals surface area contributed by atoms with Crippen molar-refractivity contribution in [1.29, 1.82) is 0 Å². The zero-order valence-electron chi connectivity index (χ0n) is 23.7. The molecule has 3 aromatic rings. The summed E-state index contributed by atoms with van der Waals surface area (Å²) in [5.41, 5.74) is 7.03. The Labute approximate surface area is 245 Å². The number of anilines is 3. The van der Waals surface area contributed by atoms with Crippen molar-refractivity contribution >= 4 is 44.8 Å². The minimum Gasteiger partial charge on any atom is -0.497 e. The molecule has 2 amide bonds. The van der Waals surface area contributed by atoms with Gasteiger partial charge < -0.3 is 19.3 Å². The van der Waals surface area contributed by atoms with Gasteiger partial charge in [0, 0.05) is 31.2 Å². The third-order valence-electron chi connectivity index (χ3n) is 7.16. The van der Waals surface area contributed by atoms with E-state index in [-0.39, 0.29) is 18.2 Å². The van der Waals surface area contributed by atoms with E-state index in [9.17, 15) is 9.59 Å². The average molecular weight is 610 g/mol. The molecule has 212 valence electrons. The number of carbonyl (C=O) groups is 2. The lowest BCUT2D eigenvalue weighted by molar-refractivity contribution is -0.120. The number of hydrazine groups is 1. The summed E-state index contributed by atoms with van der Waals surface area (Å²) < 4.78 is 11.5. The fraction of sp³-hybridized carbons (Fsp3) is 0.355. The fourth-order valence-corrected chi connectivity index (χ4v) is 5.48. The van der Waals surface area contributed by atoms with E-state index in [1.54, 1.807) is 33.3 Å². The number of nitrogens with zero attached hydrogens (tertiary/aromatic N) is 3. The number of para-hydroxylation sites is 2. The topological polar surface area (TPSA) is 74.3 Å². The van der Waals surface area contributed by atoms with Gasteiger partial charge in [-0.05, 0) is 80.3 Å². The predicted molar refractivity (Wildman–Crippen MR) is 163 cm³/mol. The van der Waals surface area contributed by atoms with Crippen molar-refractivity contribution in [2.75, 3.05) is 44.8 Å². The first kappa shape index (κ1) is 29.3. The van der Waals surface area contributed by atoms with Crippen molar-refractivity contribution in [2.45, 2.75) is 38.6 Å². The number of amides is 2. The van der Waals surface area contributed by atoms with Gasteiger partial charge in [0.2, 0.25) is 5.91 Å².